The lowest BCUT2D eigenvalue weighted by Crippen LogP contribution is -2.35. The summed E-state index contributed by atoms with van der Waals surface area (Å²) in [4.78, 5) is 6.12. The van der Waals surface area contributed by atoms with Crippen LogP contribution in [0.5, 0.6) is 0 Å². The van der Waals surface area contributed by atoms with Crippen LogP contribution in [0.2, 0.25) is 0 Å². The number of ether oxygens (including phenoxy) is 1. The van der Waals surface area contributed by atoms with Gasteiger partial charge in [-0.2, -0.15) is 13.2 Å². The Morgan fingerprint density at radius 2 is 1.79 bits per heavy atom. The van der Waals surface area contributed by atoms with E-state index in [1.54, 1.807) is 0 Å². The maximum absolute atomic E-state index is 13.2. The van der Waals surface area contributed by atoms with Gasteiger partial charge in [-0.25, -0.2) is 9.37 Å². The third-order valence-corrected chi connectivity index (χ3v) is 4.43. The summed E-state index contributed by atoms with van der Waals surface area (Å²) in [5.41, 5.74) is 1.64. The van der Waals surface area contributed by atoms with Gasteiger partial charge >= 0.3 is 6.18 Å². The number of aromatic nitrogens is 2. The van der Waals surface area contributed by atoms with Crippen LogP contribution in [0.3, 0.4) is 0 Å². The first-order chi connectivity index (χ1) is 13.3. The molecule has 28 heavy (non-hydrogen) atoms. The Balaban J connectivity index is 0.000000188. The highest BCUT2D eigenvalue weighted by Gasteiger charge is 2.31. The second-order valence-electron chi connectivity index (χ2n) is 6.58. The van der Waals surface area contributed by atoms with Crippen molar-refractivity contribution in [1.29, 1.82) is 0 Å². The molecule has 0 aliphatic carbocycles. The molecule has 0 radical (unpaired) electrons. The Kier molecular flexibility index (Phi) is 6.31. The predicted octanol–water partition coefficient (Wildman–Crippen LogP) is 4.25. The van der Waals surface area contributed by atoms with Gasteiger partial charge in [0.25, 0.3) is 0 Å². The standard InChI is InChI=1S/C12H13F4NO.C8H8N2/c13-11-6-9(5-10(7-11)12(14,15)16)8-17-1-3-18-4-2-17;1-10-6-9-7-4-2-3-5-8(7)10/h5-7H,1-4,8H2;2-6H,1H3. The molecule has 150 valence electrons. The van der Waals surface area contributed by atoms with E-state index >= 15 is 0 Å². The fourth-order valence-electron chi connectivity index (χ4n) is 3.01. The van der Waals surface area contributed by atoms with Crippen molar-refractivity contribution in [2.75, 3.05) is 26.3 Å². The highest BCUT2D eigenvalue weighted by molar-refractivity contribution is 5.74. The summed E-state index contributed by atoms with van der Waals surface area (Å²) < 4.78 is 57.9. The zero-order chi connectivity index (χ0) is 20.1. The first kappa shape index (κ1) is 20.3. The second-order valence-corrected chi connectivity index (χ2v) is 6.58. The topological polar surface area (TPSA) is 30.3 Å². The van der Waals surface area contributed by atoms with Crippen LogP contribution in [0.25, 0.3) is 11.0 Å². The van der Waals surface area contributed by atoms with Crippen LogP contribution < -0.4 is 0 Å². The summed E-state index contributed by atoms with van der Waals surface area (Å²) in [5, 5.41) is 0. The molecule has 0 N–H and O–H groups in total. The number of alkyl halides is 3. The molecule has 0 bridgehead atoms. The molecular weight excluding hydrogens is 374 g/mol. The number of hydrogen-bond donors (Lipinski definition) is 0. The molecule has 1 fully saturated rings. The van der Waals surface area contributed by atoms with Gasteiger partial charge < -0.3 is 9.30 Å². The van der Waals surface area contributed by atoms with Crippen molar-refractivity contribution in [3.05, 3.63) is 65.7 Å². The number of morpholine rings is 1. The van der Waals surface area contributed by atoms with Crippen LogP contribution in [0, 0.1) is 5.82 Å². The Hall–Kier alpha value is -2.45. The molecule has 2 aromatic carbocycles. The van der Waals surface area contributed by atoms with Crippen molar-refractivity contribution in [3.8, 4) is 0 Å². The maximum Gasteiger partial charge on any atom is 0.416 e. The first-order valence-corrected chi connectivity index (χ1v) is 8.86. The number of fused-ring (bicyclic) bond motifs is 1. The molecule has 8 heteroatoms. The fourth-order valence-corrected chi connectivity index (χ4v) is 3.01. The molecule has 0 saturated carbocycles. The van der Waals surface area contributed by atoms with E-state index < -0.39 is 17.6 Å². The summed E-state index contributed by atoms with van der Waals surface area (Å²) in [6, 6.07) is 10.7. The Morgan fingerprint density at radius 1 is 1.07 bits per heavy atom. The summed E-state index contributed by atoms with van der Waals surface area (Å²) in [6.45, 7) is 2.73. The lowest BCUT2D eigenvalue weighted by Gasteiger charge is -2.26. The number of imidazole rings is 1. The molecule has 0 spiro atoms. The Labute approximate surface area is 160 Å². The minimum atomic E-state index is -4.51. The lowest BCUT2D eigenvalue weighted by molar-refractivity contribution is -0.137. The Bertz CT molecular complexity index is 917. The van der Waals surface area contributed by atoms with Crippen LogP contribution in [0.15, 0.2) is 48.8 Å². The van der Waals surface area contributed by atoms with Gasteiger partial charge in [0.2, 0.25) is 0 Å². The number of hydrogen-bond acceptors (Lipinski definition) is 3. The predicted molar refractivity (Wildman–Crippen MR) is 98.2 cm³/mol. The van der Waals surface area contributed by atoms with Crippen molar-refractivity contribution in [1.82, 2.24) is 14.5 Å². The number of nitrogens with zero attached hydrogens (tertiary/aromatic N) is 3. The first-order valence-electron chi connectivity index (χ1n) is 8.86. The summed E-state index contributed by atoms with van der Waals surface area (Å²) >= 11 is 0. The van der Waals surface area contributed by atoms with Gasteiger partial charge in [0, 0.05) is 26.7 Å². The van der Waals surface area contributed by atoms with Gasteiger partial charge in [0.05, 0.1) is 36.1 Å². The molecule has 0 atom stereocenters. The van der Waals surface area contributed by atoms with E-state index in [0.29, 0.717) is 44.5 Å². The molecule has 1 aliphatic heterocycles. The molecule has 1 aliphatic rings. The van der Waals surface area contributed by atoms with Gasteiger partial charge in [-0.3, -0.25) is 4.90 Å². The minimum Gasteiger partial charge on any atom is -0.379 e. The van der Waals surface area contributed by atoms with Gasteiger partial charge in [-0.15, -0.1) is 0 Å². The molecular formula is C20H21F4N3O. The minimum absolute atomic E-state index is 0.310. The van der Waals surface area contributed by atoms with Crippen LogP contribution in [-0.4, -0.2) is 40.8 Å². The van der Waals surface area contributed by atoms with Crippen LogP contribution >= 0.6 is 0 Å². The quantitative estimate of drug-likeness (QED) is 0.608. The highest BCUT2D eigenvalue weighted by Crippen LogP contribution is 2.30. The van der Waals surface area contributed by atoms with Gasteiger partial charge in [-0.05, 0) is 35.9 Å². The molecule has 4 rings (SSSR count). The second kappa shape index (κ2) is 8.70. The van der Waals surface area contributed by atoms with Crippen molar-refractivity contribution in [2.45, 2.75) is 12.7 Å². The molecule has 3 aromatic rings. The van der Waals surface area contributed by atoms with Gasteiger partial charge in [-0.1, -0.05) is 12.1 Å². The van der Waals surface area contributed by atoms with Gasteiger partial charge in [0.15, 0.2) is 0 Å². The maximum atomic E-state index is 13.2. The third kappa shape index (κ3) is 5.30. The van der Waals surface area contributed by atoms with E-state index in [9.17, 15) is 17.6 Å². The smallest absolute Gasteiger partial charge is 0.379 e. The van der Waals surface area contributed by atoms with Crippen LogP contribution in [0.4, 0.5) is 17.6 Å². The van der Waals surface area contributed by atoms with Crippen LogP contribution in [-0.2, 0) is 24.5 Å². The van der Waals surface area contributed by atoms with E-state index in [4.69, 9.17) is 4.74 Å². The van der Waals surface area contributed by atoms with E-state index in [0.717, 1.165) is 17.6 Å². The van der Waals surface area contributed by atoms with Gasteiger partial charge in [0.1, 0.15) is 5.82 Å². The zero-order valence-corrected chi connectivity index (χ0v) is 15.4. The van der Waals surface area contributed by atoms with E-state index in [1.165, 1.54) is 5.52 Å². The fraction of sp³-hybridized carbons (Fsp3) is 0.350. The summed E-state index contributed by atoms with van der Waals surface area (Å²) in [5.74, 6) is -0.854. The highest BCUT2D eigenvalue weighted by atomic mass is 19.4. The molecule has 4 nitrogen and oxygen atoms in total. The third-order valence-electron chi connectivity index (χ3n) is 4.43. The molecule has 0 amide bonds. The number of para-hydroxylation sites is 2. The molecule has 1 aromatic heterocycles. The van der Waals surface area contributed by atoms with Crippen molar-refractivity contribution < 1.29 is 22.3 Å². The number of benzene rings is 2. The van der Waals surface area contributed by atoms with Crippen molar-refractivity contribution >= 4 is 11.0 Å². The summed E-state index contributed by atoms with van der Waals surface area (Å²) in [6.07, 6.45) is -2.69. The largest absolute Gasteiger partial charge is 0.416 e. The number of halogens is 4. The average Bonchev–Trinajstić information content (AvgIpc) is 3.03. The molecule has 2 heterocycles. The lowest BCUT2D eigenvalue weighted by atomic mass is 10.1. The normalized spacial score (nSPS) is 15.3. The summed E-state index contributed by atoms with van der Waals surface area (Å²) in [7, 11) is 2.00. The van der Waals surface area contributed by atoms with E-state index in [2.05, 4.69) is 11.1 Å². The Morgan fingerprint density at radius 3 is 2.46 bits per heavy atom. The monoisotopic (exact) mass is 395 g/mol. The van der Waals surface area contributed by atoms with Crippen LogP contribution in [0.1, 0.15) is 11.1 Å². The van der Waals surface area contributed by atoms with Crippen molar-refractivity contribution in [3.63, 3.8) is 0 Å². The number of rotatable bonds is 2. The van der Waals surface area contributed by atoms with E-state index in [-0.39, 0.29) is 0 Å². The SMILES string of the molecule is Cn1cnc2ccccc21.Fc1cc(CN2CCOCC2)cc(C(F)(F)F)c1. The number of aryl methyl sites for hydroxylation is 1. The van der Waals surface area contributed by atoms with E-state index in [1.807, 2.05) is 41.0 Å². The molecule has 0 unspecified atom stereocenters. The van der Waals surface area contributed by atoms with Crippen molar-refractivity contribution in [2.24, 2.45) is 7.05 Å². The zero-order valence-electron chi connectivity index (χ0n) is 15.4. The molecule has 1 saturated heterocycles. The average molecular weight is 395 g/mol.